The van der Waals surface area contributed by atoms with Crippen LogP contribution in [0.3, 0.4) is 0 Å². The van der Waals surface area contributed by atoms with Gasteiger partial charge in [0.25, 0.3) is 0 Å². The third-order valence-corrected chi connectivity index (χ3v) is 4.29. The van der Waals surface area contributed by atoms with Crippen LogP contribution in [0, 0.1) is 5.92 Å². The van der Waals surface area contributed by atoms with Gasteiger partial charge in [0.2, 0.25) is 15.9 Å². The first kappa shape index (κ1) is 22.9. The van der Waals surface area contributed by atoms with Crippen LogP contribution in [0.2, 0.25) is 0 Å². The fraction of sp³-hybridized carbons (Fsp3) is 0.556. The molecule has 9 heteroatoms. The van der Waals surface area contributed by atoms with Crippen LogP contribution in [0.1, 0.15) is 38.7 Å². The van der Waals surface area contributed by atoms with E-state index in [2.05, 4.69) is 15.4 Å². The highest BCUT2D eigenvalue weighted by Crippen LogP contribution is 2.12. The van der Waals surface area contributed by atoms with E-state index in [4.69, 9.17) is 5.11 Å². The largest absolute Gasteiger partial charge is 0.481 e. The van der Waals surface area contributed by atoms with Gasteiger partial charge in [-0.2, -0.15) is 0 Å². The van der Waals surface area contributed by atoms with Crippen LogP contribution in [-0.4, -0.2) is 44.2 Å². The molecule has 0 saturated heterocycles. The van der Waals surface area contributed by atoms with Crippen molar-refractivity contribution in [3.63, 3.8) is 0 Å². The average molecular weight is 400 g/mol. The van der Waals surface area contributed by atoms with E-state index in [0.29, 0.717) is 31.0 Å². The lowest BCUT2D eigenvalue weighted by molar-refractivity contribution is -0.137. The molecule has 1 atom stereocenters. The maximum absolute atomic E-state index is 12.5. The van der Waals surface area contributed by atoms with Gasteiger partial charge in [0.1, 0.15) is 0 Å². The molecule has 0 fully saturated rings. The topological polar surface area (TPSA) is 125 Å². The van der Waals surface area contributed by atoms with Gasteiger partial charge >= 0.3 is 5.97 Å². The molecule has 0 radical (unpaired) electrons. The van der Waals surface area contributed by atoms with Crippen LogP contribution in [-0.2, 0) is 26.2 Å². The van der Waals surface area contributed by atoms with Gasteiger partial charge in [-0.05, 0) is 43.0 Å². The van der Waals surface area contributed by atoms with Crippen LogP contribution in [0.4, 0.5) is 5.69 Å². The third-order valence-electron chi connectivity index (χ3n) is 3.68. The van der Waals surface area contributed by atoms with E-state index in [1.54, 1.807) is 24.3 Å². The van der Waals surface area contributed by atoms with Crippen molar-refractivity contribution in [1.82, 2.24) is 10.6 Å². The maximum Gasteiger partial charge on any atom is 0.303 e. The summed E-state index contributed by atoms with van der Waals surface area (Å²) in [7, 11) is -3.36. The lowest BCUT2D eigenvalue weighted by atomic mass is 10.0. The Hall–Kier alpha value is -2.13. The number of nitrogens with one attached hydrogen (secondary N) is 3. The van der Waals surface area contributed by atoms with Gasteiger partial charge in [-0.3, -0.25) is 14.3 Å². The molecule has 0 saturated carbocycles. The first-order valence-corrected chi connectivity index (χ1v) is 10.8. The molecular formula is C18H29N3O5S. The van der Waals surface area contributed by atoms with Crippen molar-refractivity contribution in [2.45, 2.75) is 45.7 Å². The second-order valence-corrected chi connectivity index (χ2v) is 8.67. The van der Waals surface area contributed by atoms with Gasteiger partial charge < -0.3 is 15.7 Å². The molecule has 0 unspecified atom stereocenters. The molecule has 4 N–H and O–H groups in total. The molecule has 1 amide bonds. The Kier molecular flexibility index (Phi) is 9.23. The first-order chi connectivity index (χ1) is 12.6. The molecule has 0 spiro atoms. The molecule has 1 aromatic rings. The Labute approximate surface area is 160 Å². The predicted octanol–water partition coefficient (Wildman–Crippen LogP) is 1.54. The number of aliphatic carboxylic acids is 1. The van der Waals surface area contributed by atoms with Crippen LogP contribution in [0.25, 0.3) is 0 Å². The monoisotopic (exact) mass is 399 g/mol. The molecule has 8 nitrogen and oxygen atoms in total. The zero-order valence-corrected chi connectivity index (χ0v) is 16.8. The number of amides is 1. The molecule has 0 aliphatic rings. The maximum atomic E-state index is 12.5. The molecule has 0 aromatic heterocycles. The van der Waals surface area contributed by atoms with Crippen molar-refractivity contribution in [3.8, 4) is 0 Å². The van der Waals surface area contributed by atoms with Crippen molar-refractivity contribution in [1.29, 1.82) is 0 Å². The second kappa shape index (κ2) is 10.9. The van der Waals surface area contributed by atoms with Crippen molar-refractivity contribution in [3.05, 3.63) is 29.8 Å². The lowest BCUT2D eigenvalue weighted by Crippen LogP contribution is -2.45. The normalized spacial score (nSPS) is 12.6. The zero-order chi connectivity index (χ0) is 20.4. The van der Waals surface area contributed by atoms with E-state index < -0.39 is 22.0 Å². The molecule has 0 bridgehead atoms. The van der Waals surface area contributed by atoms with Crippen LogP contribution >= 0.6 is 0 Å². The summed E-state index contributed by atoms with van der Waals surface area (Å²) in [6, 6.07) is 6.41. The fourth-order valence-electron chi connectivity index (χ4n) is 2.54. The van der Waals surface area contributed by atoms with Crippen LogP contribution in [0.5, 0.6) is 0 Å². The number of carboxylic acid groups (broad SMARTS) is 1. The van der Waals surface area contributed by atoms with Crippen molar-refractivity contribution in [2.75, 3.05) is 17.5 Å². The molecule has 152 valence electrons. The summed E-state index contributed by atoms with van der Waals surface area (Å²) < 4.78 is 25.0. The smallest absolute Gasteiger partial charge is 0.303 e. The summed E-state index contributed by atoms with van der Waals surface area (Å²) in [6.07, 6.45) is 2.22. The molecule has 1 rings (SSSR count). The molecule has 27 heavy (non-hydrogen) atoms. The Bertz CT molecular complexity index is 734. The molecular weight excluding hydrogens is 370 g/mol. The fourth-order valence-corrected chi connectivity index (χ4v) is 3.10. The lowest BCUT2D eigenvalue weighted by Gasteiger charge is -2.20. The number of sulfonamides is 1. The Morgan fingerprint density at radius 1 is 1.22 bits per heavy atom. The summed E-state index contributed by atoms with van der Waals surface area (Å²) in [6.45, 7) is 4.74. The number of carbonyl (C=O) groups excluding carboxylic acids is 1. The number of benzene rings is 1. The zero-order valence-electron chi connectivity index (χ0n) is 16.0. The minimum atomic E-state index is -3.36. The van der Waals surface area contributed by atoms with Crippen LogP contribution in [0.15, 0.2) is 24.3 Å². The Morgan fingerprint density at radius 3 is 2.52 bits per heavy atom. The van der Waals surface area contributed by atoms with E-state index in [0.717, 1.165) is 11.8 Å². The van der Waals surface area contributed by atoms with Gasteiger partial charge in [-0.1, -0.05) is 26.0 Å². The molecule has 0 heterocycles. The molecule has 0 aliphatic carbocycles. The highest BCUT2D eigenvalue weighted by atomic mass is 32.2. The summed E-state index contributed by atoms with van der Waals surface area (Å²) >= 11 is 0. The van der Waals surface area contributed by atoms with E-state index in [-0.39, 0.29) is 18.9 Å². The molecule has 1 aromatic carbocycles. The SMILES string of the molecule is CC(C)C[C@H](NCCCC(=O)O)C(=O)NCc1cccc(NS(C)(=O)=O)c1. The van der Waals surface area contributed by atoms with Crippen LogP contribution < -0.4 is 15.4 Å². The minimum Gasteiger partial charge on any atom is -0.481 e. The summed E-state index contributed by atoms with van der Waals surface area (Å²) in [5, 5.41) is 14.7. The first-order valence-electron chi connectivity index (χ1n) is 8.86. The van der Waals surface area contributed by atoms with E-state index in [1.807, 2.05) is 13.8 Å². The number of rotatable bonds is 12. The average Bonchev–Trinajstić information content (AvgIpc) is 2.53. The summed E-state index contributed by atoms with van der Waals surface area (Å²) in [4.78, 5) is 23.1. The number of carbonyl (C=O) groups is 2. The highest BCUT2D eigenvalue weighted by molar-refractivity contribution is 7.92. The number of carboxylic acids is 1. The van der Waals surface area contributed by atoms with E-state index >= 15 is 0 Å². The molecule has 0 aliphatic heterocycles. The van der Waals surface area contributed by atoms with Crippen molar-refractivity contribution >= 4 is 27.6 Å². The third kappa shape index (κ3) is 10.6. The Balaban J connectivity index is 2.61. The van der Waals surface area contributed by atoms with Gasteiger partial charge in [-0.25, -0.2) is 8.42 Å². The van der Waals surface area contributed by atoms with Crippen molar-refractivity contribution < 1.29 is 23.1 Å². The Morgan fingerprint density at radius 2 is 1.93 bits per heavy atom. The standard InChI is InChI=1S/C18H29N3O5S/c1-13(2)10-16(19-9-5-8-17(22)23)18(24)20-12-14-6-4-7-15(11-14)21-27(3,25)26/h4,6-7,11,13,16,19,21H,5,8-10,12H2,1-3H3,(H,20,24)(H,22,23)/t16-/m0/s1. The highest BCUT2D eigenvalue weighted by Gasteiger charge is 2.19. The quantitative estimate of drug-likeness (QED) is 0.395. The second-order valence-electron chi connectivity index (χ2n) is 6.93. The predicted molar refractivity (Wildman–Crippen MR) is 105 cm³/mol. The number of hydrogen-bond donors (Lipinski definition) is 4. The minimum absolute atomic E-state index is 0.0587. The van der Waals surface area contributed by atoms with E-state index in [9.17, 15) is 18.0 Å². The number of anilines is 1. The van der Waals surface area contributed by atoms with Gasteiger partial charge in [-0.15, -0.1) is 0 Å². The van der Waals surface area contributed by atoms with E-state index in [1.165, 1.54) is 0 Å². The van der Waals surface area contributed by atoms with Gasteiger partial charge in [0.15, 0.2) is 0 Å². The van der Waals surface area contributed by atoms with Gasteiger partial charge in [0.05, 0.1) is 12.3 Å². The summed E-state index contributed by atoms with van der Waals surface area (Å²) in [5.74, 6) is -0.722. The van der Waals surface area contributed by atoms with Crippen molar-refractivity contribution in [2.24, 2.45) is 5.92 Å². The summed E-state index contributed by atoms with van der Waals surface area (Å²) in [5.41, 5.74) is 1.21. The number of hydrogen-bond acceptors (Lipinski definition) is 5. The van der Waals surface area contributed by atoms with Gasteiger partial charge in [0, 0.05) is 18.7 Å².